The summed E-state index contributed by atoms with van der Waals surface area (Å²) in [6.45, 7) is 8.54. The molecule has 0 aliphatic heterocycles. The molecule has 0 atom stereocenters. The molecule has 1 amide bonds. The van der Waals surface area contributed by atoms with Crippen LogP contribution in [0.25, 0.3) is 6.08 Å². The van der Waals surface area contributed by atoms with Crippen molar-refractivity contribution in [1.82, 2.24) is 4.98 Å². The average Bonchev–Trinajstić information content (AvgIpc) is 2.53. The molecule has 0 saturated heterocycles. The van der Waals surface area contributed by atoms with Crippen molar-refractivity contribution >= 4 is 17.8 Å². The lowest BCUT2D eigenvalue weighted by atomic mass is 9.95. The van der Waals surface area contributed by atoms with E-state index in [9.17, 15) is 4.79 Å². The molecule has 3 nitrogen and oxygen atoms in total. The molecule has 0 bridgehead atoms. The molecule has 2 rings (SSSR count). The first-order valence-corrected chi connectivity index (χ1v) is 7.93. The van der Waals surface area contributed by atoms with Gasteiger partial charge in [-0.05, 0) is 47.2 Å². The van der Waals surface area contributed by atoms with E-state index < -0.39 is 0 Å². The van der Waals surface area contributed by atoms with E-state index >= 15 is 0 Å². The number of nitrogens with one attached hydrogen (secondary N) is 1. The van der Waals surface area contributed by atoms with Crippen molar-refractivity contribution < 1.29 is 4.79 Å². The van der Waals surface area contributed by atoms with Crippen molar-refractivity contribution in [3.05, 3.63) is 65.4 Å². The van der Waals surface area contributed by atoms with Crippen LogP contribution in [0.4, 0.5) is 5.82 Å². The van der Waals surface area contributed by atoms with Crippen LogP contribution in [0.5, 0.6) is 0 Å². The van der Waals surface area contributed by atoms with Crippen LogP contribution in [0.1, 0.15) is 49.2 Å². The van der Waals surface area contributed by atoms with Crippen molar-refractivity contribution in [2.75, 3.05) is 5.32 Å². The van der Waals surface area contributed by atoms with E-state index in [1.165, 1.54) is 0 Å². The quantitative estimate of drug-likeness (QED) is 0.867. The molecule has 0 aliphatic carbocycles. The van der Waals surface area contributed by atoms with Gasteiger partial charge in [-0.1, -0.05) is 52.0 Å². The van der Waals surface area contributed by atoms with Crippen molar-refractivity contribution in [2.24, 2.45) is 5.41 Å². The number of amides is 1. The van der Waals surface area contributed by atoms with Gasteiger partial charge in [0.25, 0.3) is 5.91 Å². The van der Waals surface area contributed by atoms with Gasteiger partial charge in [-0.2, -0.15) is 0 Å². The van der Waals surface area contributed by atoms with E-state index in [1.54, 1.807) is 6.20 Å². The molecule has 1 aromatic heterocycles. The van der Waals surface area contributed by atoms with Gasteiger partial charge in [-0.15, -0.1) is 0 Å². The highest BCUT2D eigenvalue weighted by molar-refractivity contribution is 6.03. The van der Waals surface area contributed by atoms with Crippen LogP contribution in [0.15, 0.2) is 48.7 Å². The van der Waals surface area contributed by atoms with E-state index in [2.05, 4.69) is 50.1 Å². The van der Waals surface area contributed by atoms with E-state index in [1.807, 2.05) is 36.4 Å². The largest absolute Gasteiger partial charge is 0.307 e. The third kappa shape index (κ3) is 5.37. The molecule has 3 heteroatoms. The summed E-state index contributed by atoms with van der Waals surface area (Å²) in [5.74, 6) is 0.447. The molecule has 120 valence electrons. The number of aryl methyl sites for hydroxylation is 1. The number of hydrogen-bond donors (Lipinski definition) is 1. The standard InChI is InChI=1S/C20H24N2O/c1-5-15-11-13-21-18(14-15)22-19(23)17-8-6-16(7-9-17)10-12-20(2,3)4/h6-14H,5H2,1-4H3,(H,21,22,23)/b12-10+. The molecule has 0 unspecified atom stereocenters. The Bertz CT molecular complexity index is 694. The minimum absolute atomic E-state index is 0.142. The minimum atomic E-state index is -0.142. The number of carbonyl (C=O) groups is 1. The molecule has 1 aromatic carbocycles. The number of carbonyl (C=O) groups excluding carboxylic acids is 1. The maximum atomic E-state index is 12.3. The summed E-state index contributed by atoms with van der Waals surface area (Å²) in [6, 6.07) is 11.4. The molecule has 0 spiro atoms. The fourth-order valence-electron chi connectivity index (χ4n) is 2.04. The fourth-order valence-corrected chi connectivity index (χ4v) is 2.04. The Morgan fingerprint density at radius 2 is 1.87 bits per heavy atom. The lowest BCUT2D eigenvalue weighted by Crippen LogP contribution is -2.13. The second-order valence-corrected chi connectivity index (χ2v) is 6.68. The predicted molar refractivity (Wildman–Crippen MR) is 96.5 cm³/mol. The second-order valence-electron chi connectivity index (χ2n) is 6.68. The Labute approximate surface area is 138 Å². The summed E-state index contributed by atoms with van der Waals surface area (Å²) in [7, 11) is 0. The van der Waals surface area contributed by atoms with Crippen LogP contribution < -0.4 is 5.32 Å². The number of allylic oxidation sites excluding steroid dienone is 1. The molecule has 23 heavy (non-hydrogen) atoms. The number of hydrogen-bond acceptors (Lipinski definition) is 2. The highest BCUT2D eigenvalue weighted by Gasteiger charge is 2.07. The van der Waals surface area contributed by atoms with Crippen molar-refractivity contribution in [1.29, 1.82) is 0 Å². The second kappa shape index (κ2) is 7.23. The third-order valence-electron chi connectivity index (χ3n) is 3.42. The monoisotopic (exact) mass is 308 g/mol. The number of rotatable bonds is 4. The van der Waals surface area contributed by atoms with Crippen LogP contribution in [0.2, 0.25) is 0 Å². The Kier molecular flexibility index (Phi) is 5.32. The molecule has 0 aliphatic rings. The van der Waals surface area contributed by atoms with Crippen molar-refractivity contribution in [2.45, 2.75) is 34.1 Å². The highest BCUT2D eigenvalue weighted by atomic mass is 16.1. The molecule has 0 fully saturated rings. The summed E-state index contributed by atoms with van der Waals surface area (Å²) in [4.78, 5) is 16.5. The van der Waals surface area contributed by atoms with Crippen LogP contribution in [0.3, 0.4) is 0 Å². The van der Waals surface area contributed by atoms with Crippen molar-refractivity contribution in [3.63, 3.8) is 0 Å². The van der Waals surface area contributed by atoms with Crippen LogP contribution in [-0.2, 0) is 6.42 Å². The zero-order chi connectivity index (χ0) is 16.9. The van der Waals surface area contributed by atoms with Gasteiger partial charge in [0.05, 0.1) is 0 Å². The summed E-state index contributed by atoms with van der Waals surface area (Å²) < 4.78 is 0. The van der Waals surface area contributed by atoms with Gasteiger partial charge >= 0.3 is 0 Å². The number of pyridine rings is 1. The van der Waals surface area contributed by atoms with E-state index in [0.29, 0.717) is 11.4 Å². The van der Waals surface area contributed by atoms with Crippen LogP contribution >= 0.6 is 0 Å². The number of anilines is 1. The summed E-state index contributed by atoms with van der Waals surface area (Å²) >= 11 is 0. The normalized spacial score (nSPS) is 11.7. The summed E-state index contributed by atoms with van der Waals surface area (Å²) in [6.07, 6.45) is 6.87. The zero-order valence-electron chi connectivity index (χ0n) is 14.3. The lowest BCUT2D eigenvalue weighted by molar-refractivity contribution is 0.102. The summed E-state index contributed by atoms with van der Waals surface area (Å²) in [5, 5.41) is 2.84. The van der Waals surface area contributed by atoms with Crippen LogP contribution in [0, 0.1) is 5.41 Å². The Hall–Kier alpha value is -2.42. The molecule has 1 heterocycles. The SMILES string of the molecule is CCc1ccnc(NC(=O)c2ccc(/C=C/C(C)(C)C)cc2)c1. The molecular formula is C20H24N2O. The number of benzene rings is 1. The van der Waals surface area contributed by atoms with E-state index in [0.717, 1.165) is 17.5 Å². The minimum Gasteiger partial charge on any atom is -0.307 e. The maximum Gasteiger partial charge on any atom is 0.256 e. The van der Waals surface area contributed by atoms with Gasteiger partial charge in [0.15, 0.2) is 0 Å². The zero-order valence-corrected chi connectivity index (χ0v) is 14.3. The molecule has 0 radical (unpaired) electrons. The molecular weight excluding hydrogens is 284 g/mol. The van der Waals surface area contributed by atoms with Gasteiger partial charge < -0.3 is 5.32 Å². The average molecular weight is 308 g/mol. The number of aromatic nitrogens is 1. The first kappa shape index (κ1) is 16.9. The van der Waals surface area contributed by atoms with E-state index in [4.69, 9.17) is 0 Å². The Morgan fingerprint density at radius 3 is 2.48 bits per heavy atom. The van der Waals surface area contributed by atoms with Gasteiger partial charge in [-0.3, -0.25) is 4.79 Å². The van der Waals surface area contributed by atoms with Crippen LogP contribution in [-0.4, -0.2) is 10.9 Å². The Morgan fingerprint density at radius 1 is 1.17 bits per heavy atom. The van der Waals surface area contributed by atoms with Gasteiger partial charge in [-0.25, -0.2) is 4.98 Å². The van der Waals surface area contributed by atoms with Gasteiger partial charge in [0.2, 0.25) is 0 Å². The lowest BCUT2D eigenvalue weighted by Gasteiger charge is -2.11. The predicted octanol–water partition coefficient (Wildman–Crippen LogP) is 4.96. The highest BCUT2D eigenvalue weighted by Crippen LogP contribution is 2.17. The Balaban J connectivity index is 2.06. The van der Waals surface area contributed by atoms with Gasteiger partial charge in [0.1, 0.15) is 5.82 Å². The molecule has 2 aromatic rings. The van der Waals surface area contributed by atoms with Crippen molar-refractivity contribution in [3.8, 4) is 0 Å². The smallest absolute Gasteiger partial charge is 0.256 e. The fraction of sp³-hybridized carbons (Fsp3) is 0.300. The summed E-state index contributed by atoms with van der Waals surface area (Å²) in [5.41, 5.74) is 3.01. The topological polar surface area (TPSA) is 42.0 Å². The number of nitrogens with zero attached hydrogens (tertiary/aromatic N) is 1. The maximum absolute atomic E-state index is 12.3. The van der Waals surface area contributed by atoms with Gasteiger partial charge in [0, 0.05) is 11.8 Å². The van der Waals surface area contributed by atoms with E-state index in [-0.39, 0.29) is 11.3 Å². The third-order valence-corrected chi connectivity index (χ3v) is 3.42. The first-order valence-electron chi connectivity index (χ1n) is 7.93. The first-order chi connectivity index (χ1) is 10.9. The molecule has 0 saturated carbocycles. The molecule has 1 N–H and O–H groups in total.